The van der Waals surface area contributed by atoms with Crippen LogP contribution in [-0.4, -0.2) is 47.0 Å². The van der Waals surface area contributed by atoms with Crippen LogP contribution in [0, 0.1) is 12.8 Å². The summed E-state index contributed by atoms with van der Waals surface area (Å²) in [6.07, 6.45) is 4.39. The molecule has 1 aromatic rings. The standard InChI is InChI=1S/C18H30N4O/c1-5-9-21(10-6-2)18(23)16-12-17(20-15(4)19-16)22-11-7-8-14(3)13-22/h12,14H,5-11,13H2,1-4H3. The molecule has 128 valence electrons. The molecule has 1 aliphatic rings. The molecule has 1 amide bonds. The Balaban J connectivity index is 2.23. The van der Waals surface area contributed by atoms with E-state index in [1.807, 2.05) is 17.9 Å². The molecule has 0 aromatic carbocycles. The van der Waals surface area contributed by atoms with Crippen molar-refractivity contribution >= 4 is 11.7 Å². The van der Waals surface area contributed by atoms with Crippen LogP contribution in [0.15, 0.2) is 6.07 Å². The van der Waals surface area contributed by atoms with Crippen LogP contribution in [0.5, 0.6) is 0 Å². The van der Waals surface area contributed by atoms with Crippen molar-refractivity contribution in [1.29, 1.82) is 0 Å². The van der Waals surface area contributed by atoms with Crippen molar-refractivity contribution in [2.24, 2.45) is 5.92 Å². The number of anilines is 1. The average Bonchev–Trinajstić information content (AvgIpc) is 2.53. The summed E-state index contributed by atoms with van der Waals surface area (Å²) in [4.78, 5) is 26.0. The normalized spacial score (nSPS) is 18.1. The molecule has 0 aliphatic carbocycles. The lowest BCUT2D eigenvalue weighted by atomic mass is 10.0. The zero-order chi connectivity index (χ0) is 16.8. The molecule has 1 unspecified atom stereocenters. The predicted octanol–water partition coefficient (Wildman–Crippen LogP) is 3.28. The molecule has 2 rings (SSSR count). The highest BCUT2D eigenvalue weighted by Gasteiger charge is 2.21. The second kappa shape index (κ2) is 8.27. The van der Waals surface area contributed by atoms with Gasteiger partial charge >= 0.3 is 0 Å². The van der Waals surface area contributed by atoms with E-state index in [0.717, 1.165) is 44.8 Å². The Morgan fingerprint density at radius 3 is 2.61 bits per heavy atom. The summed E-state index contributed by atoms with van der Waals surface area (Å²) in [5, 5.41) is 0. The first-order chi connectivity index (χ1) is 11.0. The summed E-state index contributed by atoms with van der Waals surface area (Å²) in [6.45, 7) is 11.9. The lowest BCUT2D eigenvalue weighted by molar-refractivity contribution is 0.0749. The van der Waals surface area contributed by atoms with Gasteiger partial charge in [-0.1, -0.05) is 20.8 Å². The van der Waals surface area contributed by atoms with Crippen molar-refractivity contribution in [3.05, 3.63) is 17.6 Å². The van der Waals surface area contributed by atoms with E-state index in [1.165, 1.54) is 12.8 Å². The van der Waals surface area contributed by atoms with Gasteiger partial charge in [0, 0.05) is 32.2 Å². The molecule has 0 N–H and O–H groups in total. The fourth-order valence-corrected chi connectivity index (χ4v) is 3.24. The van der Waals surface area contributed by atoms with Crippen LogP contribution in [0.3, 0.4) is 0 Å². The van der Waals surface area contributed by atoms with Crippen LogP contribution in [0.2, 0.25) is 0 Å². The van der Waals surface area contributed by atoms with Crippen LogP contribution in [0.25, 0.3) is 0 Å². The van der Waals surface area contributed by atoms with E-state index in [-0.39, 0.29) is 5.91 Å². The van der Waals surface area contributed by atoms with Crippen LogP contribution in [-0.2, 0) is 0 Å². The summed E-state index contributed by atoms with van der Waals surface area (Å²) in [5.74, 6) is 2.29. The lowest BCUT2D eigenvalue weighted by Gasteiger charge is -2.32. The molecule has 5 heteroatoms. The molecular formula is C18H30N4O. The Kier molecular flexibility index (Phi) is 6.37. The maximum atomic E-state index is 12.8. The molecule has 1 fully saturated rings. The molecule has 1 aliphatic heterocycles. The van der Waals surface area contributed by atoms with Crippen molar-refractivity contribution in [1.82, 2.24) is 14.9 Å². The number of hydrogen-bond acceptors (Lipinski definition) is 4. The first-order valence-electron chi connectivity index (χ1n) is 8.95. The van der Waals surface area contributed by atoms with Gasteiger partial charge in [0.1, 0.15) is 17.3 Å². The van der Waals surface area contributed by atoms with Gasteiger partial charge in [0.2, 0.25) is 0 Å². The average molecular weight is 318 g/mol. The molecule has 1 atom stereocenters. The minimum absolute atomic E-state index is 0.0329. The SMILES string of the molecule is CCCN(CCC)C(=O)c1cc(N2CCCC(C)C2)nc(C)n1. The van der Waals surface area contributed by atoms with Gasteiger partial charge in [0.15, 0.2) is 0 Å². The fourth-order valence-electron chi connectivity index (χ4n) is 3.24. The second-order valence-corrected chi connectivity index (χ2v) is 6.64. The van der Waals surface area contributed by atoms with Gasteiger partial charge in [0.05, 0.1) is 0 Å². The van der Waals surface area contributed by atoms with Gasteiger partial charge in [-0.25, -0.2) is 9.97 Å². The van der Waals surface area contributed by atoms with Crippen LogP contribution in [0.1, 0.15) is 62.8 Å². The minimum Gasteiger partial charge on any atom is -0.356 e. The number of carbonyl (C=O) groups excluding carboxylic acids is 1. The molecule has 0 saturated carbocycles. The summed E-state index contributed by atoms with van der Waals surface area (Å²) in [5.41, 5.74) is 0.535. The number of piperidine rings is 1. The Morgan fingerprint density at radius 1 is 1.30 bits per heavy atom. The third kappa shape index (κ3) is 4.66. The highest BCUT2D eigenvalue weighted by atomic mass is 16.2. The number of carbonyl (C=O) groups is 1. The lowest BCUT2D eigenvalue weighted by Crippen LogP contribution is -2.36. The zero-order valence-electron chi connectivity index (χ0n) is 15.0. The third-order valence-electron chi connectivity index (χ3n) is 4.30. The molecule has 0 radical (unpaired) electrons. The van der Waals surface area contributed by atoms with Gasteiger partial charge in [-0.2, -0.15) is 0 Å². The highest BCUT2D eigenvalue weighted by Crippen LogP contribution is 2.22. The van der Waals surface area contributed by atoms with E-state index >= 15 is 0 Å². The van der Waals surface area contributed by atoms with Crippen molar-refractivity contribution in [2.75, 3.05) is 31.1 Å². The highest BCUT2D eigenvalue weighted by molar-refractivity contribution is 5.93. The minimum atomic E-state index is 0.0329. The predicted molar refractivity (Wildman–Crippen MR) is 93.9 cm³/mol. The topological polar surface area (TPSA) is 49.3 Å². The number of hydrogen-bond donors (Lipinski definition) is 0. The number of aryl methyl sites for hydroxylation is 1. The van der Waals surface area contributed by atoms with E-state index in [1.54, 1.807) is 0 Å². The van der Waals surface area contributed by atoms with Crippen LogP contribution < -0.4 is 4.90 Å². The number of rotatable bonds is 6. The third-order valence-corrected chi connectivity index (χ3v) is 4.30. The largest absolute Gasteiger partial charge is 0.356 e. The molecule has 1 saturated heterocycles. The smallest absolute Gasteiger partial charge is 0.272 e. The molecule has 0 bridgehead atoms. The quantitative estimate of drug-likeness (QED) is 0.807. The van der Waals surface area contributed by atoms with E-state index < -0.39 is 0 Å². The van der Waals surface area contributed by atoms with Gasteiger partial charge < -0.3 is 9.80 Å². The molecule has 2 heterocycles. The van der Waals surface area contributed by atoms with E-state index in [2.05, 4.69) is 35.6 Å². The van der Waals surface area contributed by atoms with E-state index in [4.69, 9.17) is 0 Å². The van der Waals surface area contributed by atoms with E-state index in [0.29, 0.717) is 17.4 Å². The van der Waals surface area contributed by atoms with Crippen molar-refractivity contribution in [3.63, 3.8) is 0 Å². The first kappa shape index (κ1) is 17.7. The number of aromatic nitrogens is 2. The maximum Gasteiger partial charge on any atom is 0.272 e. The van der Waals surface area contributed by atoms with Gasteiger partial charge in [0.25, 0.3) is 5.91 Å². The Bertz CT molecular complexity index is 526. The van der Waals surface area contributed by atoms with Gasteiger partial charge in [-0.15, -0.1) is 0 Å². The van der Waals surface area contributed by atoms with Crippen molar-refractivity contribution in [3.8, 4) is 0 Å². The summed E-state index contributed by atoms with van der Waals surface area (Å²) in [7, 11) is 0. The fraction of sp³-hybridized carbons (Fsp3) is 0.722. The Hall–Kier alpha value is -1.65. The second-order valence-electron chi connectivity index (χ2n) is 6.64. The number of nitrogens with zero attached hydrogens (tertiary/aromatic N) is 4. The summed E-state index contributed by atoms with van der Waals surface area (Å²) >= 11 is 0. The summed E-state index contributed by atoms with van der Waals surface area (Å²) < 4.78 is 0. The molecule has 1 aromatic heterocycles. The van der Waals surface area contributed by atoms with Gasteiger partial charge in [-0.3, -0.25) is 4.79 Å². The van der Waals surface area contributed by atoms with Crippen molar-refractivity contribution in [2.45, 2.75) is 53.4 Å². The van der Waals surface area contributed by atoms with Crippen molar-refractivity contribution < 1.29 is 4.79 Å². The zero-order valence-corrected chi connectivity index (χ0v) is 15.0. The van der Waals surface area contributed by atoms with E-state index in [9.17, 15) is 4.79 Å². The van der Waals surface area contributed by atoms with Crippen LogP contribution in [0.4, 0.5) is 5.82 Å². The van der Waals surface area contributed by atoms with Crippen LogP contribution >= 0.6 is 0 Å². The molecule has 0 spiro atoms. The van der Waals surface area contributed by atoms with Gasteiger partial charge in [-0.05, 0) is 38.5 Å². The molecule has 5 nitrogen and oxygen atoms in total. The summed E-state index contributed by atoms with van der Waals surface area (Å²) in [6, 6.07) is 1.88. The number of amides is 1. The molecular weight excluding hydrogens is 288 g/mol. The first-order valence-corrected chi connectivity index (χ1v) is 8.95. The molecule has 23 heavy (non-hydrogen) atoms. The Morgan fingerprint density at radius 2 is 2.00 bits per heavy atom. The maximum absolute atomic E-state index is 12.8. The Labute approximate surface area is 140 Å². The monoisotopic (exact) mass is 318 g/mol.